The van der Waals surface area contributed by atoms with Crippen molar-refractivity contribution in [3.63, 3.8) is 0 Å². The Balaban J connectivity index is 1.66. The summed E-state index contributed by atoms with van der Waals surface area (Å²) in [5.41, 5.74) is 3.30. The predicted molar refractivity (Wildman–Crippen MR) is 102 cm³/mol. The van der Waals surface area contributed by atoms with Gasteiger partial charge in [-0.25, -0.2) is 4.68 Å². The number of nitrogens with zero attached hydrogens (tertiary/aromatic N) is 2. The standard InChI is InChI=1S/C21H23N3O2/c1-15-8-7-11-19(16(15)2)26-17(3)21(25)23-20-12-13-22-24(20)14-18-9-5-4-6-10-18/h4-13,17H,14H2,1-3H3,(H,23,25)/t17-/m0/s1. The van der Waals surface area contributed by atoms with Gasteiger partial charge in [-0.3, -0.25) is 4.79 Å². The number of hydrogen-bond acceptors (Lipinski definition) is 3. The number of ether oxygens (including phenoxy) is 1. The van der Waals surface area contributed by atoms with Crippen LogP contribution in [0.4, 0.5) is 5.82 Å². The normalized spacial score (nSPS) is 11.8. The lowest BCUT2D eigenvalue weighted by Crippen LogP contribution is -2.31. The molecule has 1 atom stereocenters. The molecule has 1 heterocycles. The largest absolute Gasteiger partial charge is 0.481 e. The van der Waals surface area contributed by atoms with E-state index in [1.165, 1.54) is 0 Å². The van der Waals surface area contributed by atoms with Gasteiger partial charge >= 0.3 is 0 Å². The van der Waals surface area contributed by atoms with Crippen molar-refractivity contribution in [2.24, 2.45) is 0 Å². The van der Waals surface area contributed by atoms with E-state index >= 15 is 0 Å². The summed E-state index contributed by atoms with van der Waals surface area (Å²) in [6, 6.07) is 17.6. The number of hydrogen-bond donors (Lipinski definition) is 1. The van der Waals surface area contributed by atoms with Gasteiger partial charge in [-0.1, -0.05) is 42.5 Å². The van der Waals surface area contributed by atoms with Gasteiger partial charge in [0.2, 0.25) is 0 Å². The van der Waals surface area contributed by atoms with E-state index in [9.17, 15) is 4.79 Å². The van der Waals surface area contributed by atoms with Crippen LogP contribution in [-0.2, 0) is 11.3 Å². The Kier molecular flexibility index (Phi) is 5.37. The third-order valence-electron chi connectivity index (χ3n) is 4.37. The Hall–Kier alpha value is -3.08. The van der Waals surface area contributed by atoms with Gasteiger partial charge in [0.15, 0.2) is 6.10 Å². The van der Waals surface area contributed by atoms with Crippen molar-refractivity contribution >= 4 is 11.7 Å². The highest BCUT2D eigenvalue weighted by Gasteiger charge is 2.18. The third-order valence-corrected chi connectivity index (χ3v) is 4.37. The van der Waals surface area contributed by atoms with E-state index in [4.69, 9.17) is 4.74 Å². The third kappa shape index (κ3) is 4.11. The van der Waals surface area contributed by atoms with Crippen molar-refractivity contribution < 1.29 is 9.53 Å². The molecule has 0 radical (unpaired) electrons. The first kappa shape index (κ1) is 17.7. The minimum Gasteiger partial charge on any atom is -0.481 e. The molecule has 2 aromatic carbocycles. The maximum absolute atomic E-state index is 12.5. The number of aromatic nitrogens is 2. The molecule has 0 spiro atoms. The molecule has 1 N–H and O–H groups in total. The van der Waals surface area contributed by atoms with Crippen molar-refractivity contribution in [3.05, 3.63) is 77.5 Å². The molecule has 1 aromatic heterocycles. The predicted octanol–water partition coefficient (Wildman–Crippen LogP) is 3.95. The number of anilines is 1. The zero-order valence-electron chi connectivity index (χ0n) is 15.3. The van der Waals surface area contributed by atoms with Crippen LogP contribution < -0.4 is 10.1 Å². The molecule has 3 aromatic rings. The highest BCUT2D eigenvalue weighted by molar-refractivity contribution is 5.93. The average Bonchev–Trinajstić information content (AvgIpc) is 3.06. The zero-order chi connectivity index (χ0) is 18.5. The van der Waals surface area contributed by atoms with Gasteiger partial charge in [-0.15, -0.1) is 0 Å². The molecule has 0 bridgehead atoms. The molecule has 1 amide bonds. The zero-order valence-corrected chi connectivity index (χ0v) is 15.3. The van der Waals surface area contributed by atoms with E-state index in [1.54, 1.807) is 23.9 Å². The van der Waals surface area contributed by atoms with E-state index in [0.29, 0.717) is 12.4 Å². The Bertz CT molecular complexity index is 887. The van der Waals surface area contributed by atoms with Gasteiger partial charge in [0.1, 0.15) is 11.6 Å². The van der Waals surface area contributed by atoms with Crippen LogP contribution in [0.15, 0.2) is 60.8 Å². The summed E-state index contributed by atoms with van der Waals surface area (Å²) in [7, 11) is 0. The molecule has 0 fully saturated rings. The number of rotatable bonds is 6. The van der Waals surface area contributed by atoms with Gasteiger partial charge in [-0.2, -0.15) is 5.10 Å². The Morgan fingerprint density at radius 1 is 1.12 bits per heavy atom. The number of aryl methyl sites for hydroxylation is 1. The lowest BCUT2D eigenvalue weighted by Gasteiger charge is -2.17. The molecule has 0 saturated carbocycles. The summed E-state index contributed by atoms with van der Waals surface area (Å²) < 4.78 is 7.61. The van der Waals surface area contributed by atoms with Crippen LogP contribution in [0.25, 0.3) is 0 Å². The highest BCUT2D eigenvalue weighted by atomic mass is 16.5. The van der Waals surface area contributed by atoms with Gasteiger partial charge in [0.05, 0.1) is 12.7 Å². The lowest BCUT2D eigenvalue weighted by molar-refractivity contribution is -0.122. The minimum absolute atomic E-state index is 0.208. The maximum Gasteiger partial charge on any atom is 0.266 e. The molecule has 3 rings (SSSR count). The molecule has 0 unspecified atom stereocenters. The molecule has 0 aliphatic heterocycles. The number of carbonyl (C=O) groups excluding carboxylic acids is 1. The van der Waals surface area contributed by atoms with Crippen molar-refractivity contribution in [1.29, 1.82) is 0 Å². The summed E-state index contributed by atoms with van der Waals surface area (Å²) in [4.78, 5) is 12.5. The van der Waals surface area contributed by atoms with Crippen LogP contribution >= 0.6 is 0 Å². The molecular weight excluding hydrogens is 326 g/mol. The molecular formula is C21H23N3O2. The second-order valence-electron chi connectivity index (χ2n) is 6.31. The SMILES string of the molecule is Cc1cccc(O[C@@H](C)C(=O)Nc2ccnn2Cc2ccccc2)c1C. The summed E-state index contributed by atoms with van der Waals surface area (Å²) in [5, 5.41) is 7.20. The van der Waals surface area contributed by atoms with Crippen LogP contribution in [0.3, 0.4) is 0 Å². The first-order valence-corrected chi connectivity index (χ1v) is 8.64. The van der Waals surface area contributed by atoms with Gasteiger partial charge < -0.3 is 10.1 Å². The van der Waals surface area contributed by atoms with Crippen molar-refractivity contribution in [2.45, 2.75) is 33.4 Å². The average molecular weight is 349 g/mol. The second kappa shape index (κ2) is 7.87. The molecule has 5 nitrogen and oxygen atoms in total. The minimum atomic E-state index is -0.615. The molecule has 26 heavy (non-hydrogen) atoms. The highest BCUT2D eigenvalue weighted by Crippen LogP contribution is 2.22. The van der Waals surface area contributed by atoms with E-state index in [-0.39, 0.29) is 5.91 Å². The summed E-state index contributed by atoms with van der Waals surface area (Å²) in [6.07, 6.45) is 1.06. The Morgan fingerprint density at radius 3 is 2.65 bits per heavy atom. The van der Waals surface area contributed by atoms with E-state index in [0.717, 1.165) is 22.4 Å². The van der Waals surface area contributed by atoms with Crippen molar-refractivity contribution in [3.8, 4) is 5.75 Å². The smallest absolute Gasteiger partial charge is 0.266 e. The number of nitrogens with one attached hydrogen (secondary N) is 1. The van der Waals surface area contributed by atoms with Crippen molar-refractivity contribution in [2.75, 3.05) is 5.32 Å². The quantitative estimate of drug-likeness (QED) is 0.733. The molecule has 0 saturated heterocycles. The lowest BCUT2D eigenvalue weighted by atomic mass is 10.1. The molecule has 5 heteroatoms. The fourth-order valence-electron chi connectivity index (χ4n) is 2.64. The molecule has 134 valence electrons. The topological polar surface area (TPSA) is 56.1 Å². The fourth-order valence-corrected chi connectivity index (χ4v) is 2.64. The van der Waals surface area contributed by atoms with Crippen LogP contribution in [0, 0.1) is 13.8 Å². The number of benzene rings is 2. The monoisotopic (exact) mass is 349 g/mol. The van der Waals surface area contributed by atoms with Crippen LogP contribution in [0.2, 0.25) is 0 Å². The molecule has 0 aliphatic rings. The van der Waals surface area contributed by atoms with E-state index in [1.807, 2.05) is 62.4 Å². The van der Waals surface area contributed by atoms with Gasteiger partial charge in [0, 0.05) is 6.07 Å². The Labute approximate surface area is 153 Å². The number of amides is 1. The first-order chi connectivity index (χ1) is 12.5. The summed E-state index contributed by atoms with van der Waals surface area (Å²) >= 11 is 0. The summed E-state index contributed by atoms with van der Waals surface area (Å²) in [5.74, 6) is 1.17. The van der Waals surface area contributed by atoms with Crippen molar-refractivity contribution in [1.82, 2.24) is 9.78 Å². The van der Waals surface area contributed by atoms with E-state index in [2.05, 4.69) is 10.4 Å². The number of carbonyl (C=O) groups is 1. The van der Waals surface area contributed by atoms with Crippen LogP contribution in [-0.4, -0.2) is 21.8 Å². The Morgan fingerprint density at radius 2 is 1.88 bits per heavy atom. The van der Waals surface area contributed by atoms with Crippen LogP contribution in [0.5, 0.6) is 5.75 Å². The first-order valence-electron chi connectivity index (χ1n) is 8.64. The summed E-state index contributed by atoms with van der Waals surface area (Å²) in [6.45, 7) is 6.35. The maximum atomic E-state index is 12.5. The van der Waals surface area contributed by atoms with E-state index < -0.39 is 6.10 Å². The van der Waals surface area contributed by atoms with Gasteiger partial charge in [-0.05, 0) is 43.5 Å². The second-order valence-corrected chi connectivity index (χ2v) is 6.31. The molecule has 0 aliphatic carbocycles. The van der Waals surface area contributed by atoms with Gasteiger partial charge in [0.25, 0.3) is 5.91 Å². The fraction of sp³-hybridized carbons (Fsp3) is 0.238. The van der Waals surface area contributed by atoms with Crippen LogP contribution in [0.1, 0.15) is 23.6 Å².